The van der Waals surface area contributed by atoms with Crippen LogP contribution in [0.5, 0.6) is 5.75 Å². The fraction of sp³-hybridized carbons (Fsp3) is 0.188. The number of rotatable bonds is 3. The van der Waals surface area contributed by atoms with Gasteiger partial charge in [0.2, 0.25) is 0 Å². The van der Waals surface area contributed by atoms with E-state index in [1.807, 2.05) is 24.3 Å². The van der Waals surface area contributed by atoms with Crippen molar-refractivity contribution in [1.29, 1.82) is 0 Å². The largest absolute Gasteiger partial charge is 0.493 e. The van der Waals surface area contributed by atoms with Crippen LogP contribution in [-0.4, -0.2) is 19.2 Å². The standard InChI is InChI=1S/C16H14FNO3/c17-11-5-6-14(18)13(7-11)16(19)21-9-10-8-20-15-4-2-1-3-12(10)15/h1-7,10H,8-9,18H2. The van der Waals surface area contributed by atoms with E-state index in [1.54, 1.807) is 0 Å². The summed E-state index contributed by atoms with van der Waals surface area (Å²) in [5, 5.41) is 0. The van der Waals surface area contributed by atoms with Gasteiger partial charge in [-0.1, -0.05) is 18.2 Å². The Morgan fingerprint density at radius 1 is 1.33 bits per heavy atom. The third kappa shape index (κ3) is 2.67. The highest BCUT2D eigenvalue weighted by Crippen LogP contribution is 2.33. The lowest BCUT2D eigenvalue weighted by molar-refractivity contribution is 0.0471. The molecule has 1 heterocycles. The minimum atomic E-state index is -0.628. The normalized spacial score (nSPS) is 16.1. The van der Waals surface area contributed by atoms with Crippen LogP contribution in [0.3, 0.4) is 0 Å². The molecular weight excluding hydrogens is 273 g/mol. The van der Waals surface area contributed by atoms with Crippen LogP contribution in [0.15, 0.2) is 42.5 Å². The van der Waals surface area contributed by atoms with Gasteiger partial charge in [0.05, 0.1) is 18.1 Å². The van der Waals surface area contributed by atoms with Crippen LogP contribution in [0.4, 0.5) is 10.1 Å². The van der Waals surface area contributed by atoms with Crippen molar-refractivity contribution in [3.63, 3.8) is 0 Å². The van der Waals surface area contributed by atoms with Gasteiger partial charge < -0.3 is 15.2 Å². The van der Waals surface area contributed by atoms with Crippen molar-refractivity contribution < 1.29 is 18.7 Å². The van der Waals surface area contributed by atoms with Crippen LogP contribution in [0.1, 0.15) is 21.8 Å². The third-order valence-corrected chi connectivity index (χ3v) is 3.45. The lowest BCUT2D eigenvalue weighted by atomic mass is 10.0. The Labute approximate surface area is 121 Å². The molecule has 0 aliphatic carbocycles. The van der Waals surface area contributed by atoms with Crippen molar-refractivity contribution >= 4 is 11.7 Å². The van der Waals surface area contributed by atoms with Gasteiger partial charge >= 0.3 is 5.97 Å². The Bertz CT molecular complexity index is 687. The number of para-hydroxylation sites is 1. The Kier molecular flexibility index (Phi) is 3.48. The molecule has 2 aromatic rings. The summed E-state index contributed by atoms with van der Waals surface area (Å²) in [6.07, 6.45) is 0. The van der Waals surface area contributed by atoms with Crippen molar-refractivity contribution in [1.82, 2.24) is 0 Å². The van der Waals surface area contributed by atoms with E-state index in [9.17, 15) is 9.18 Å². The maximum absolute atomic E-state index is 13.2. The Morgan fingerprint density at radius 2 is 2.14 bits per heavy atom. The Balaban J connectivity index is 1.69. The molecule has 3 rings (SSSR count). The number of ether oxygens (including phenoxy) is 2. The predicted octanol–water partition coefficient (Wildman–Crippen LogP) is 2.74. The first-order valence-electron chi connectivity index (χ1n) is 6.59. The summed E-state index contributed by atoms with van der Waals surface area (Å²) in [4.78, 5) is 12.0. The van der Waals surface area contributed by atoms with Crippen molar-refractivity contribution in [2.75, 3.05) is 18.9 Å². The summed E-state index contributed by atoms with van der Waals surface area (Å²) in [7, 11) is 0. The van der Waals surface area contributed by atoms with Crippen LogP contribution in [0, 0.1) is 5.82 Å². The second-order valence-corrected chi connectivity index (χ2v) is 4.88. The summed E-state index contributed by atoms with van der Waals surface area (Å²) >= 11 is 0. The number of fused-ring (bicyclic) bond motifs is 1. The van der Waals surface area contributed by atoms with Crippen molar-refractivity contribution in [2.24, 2.45) is 0 Å². The molecule has 4 nitrogen and oxygen atoms in total. The fourth-order valence-corrected chi connectivity index (χ4v) is 2.33. The van der Waals surface area contributed by atoms with Crippen LogP contribution in [0.2, 0.25) is 0 Å². The van der Waals surface area contributed by atoms with Gasteiger partial charge in [0.25, 0.3) is 0 Å². The number of carbonyl (C=O) groups is 1. The summed E-state index contributed by atoms with van der Waals surface area (Å²) in [5.41, 5.74) is 6.91. The molecule has 1 unspecified atom stereocenters. The quantitative estimate of drug-likeness (QED) is 0.696. The van der Waals surface area contributed by atoms with Gasteiger partial charge in [-0.2, -0.15) is 0 Å². The summed E-state index contributed by atoms with van der Waals surface area (Å²) in [6, 6.07) is 11.2. The molecule has 0 saturated heterocycles. The highest BCUT2D eigenvalue weighted by molar-refractivity contribution is 5.95. The monoisotopic (exact) mass is 287 g/mol. The first-order valence-corrected chi connectivity index (χ1v) is 6.59. The van der Waals surface area contributed by atoms with E-state index >= 15 is 0 Å². The zero-order chi connectivity index (χ0) is 14.8. The fourth-order valence-electron chi connectivity index (χ4n) is 2.33. The second kappa shape index (κ2) is 5.44. The van der Waals surface area contributed by atoms with Gasteiger partial charge in [0.1, 0.15) is 18.2 Å². The number of anilines is 1. The minimum absolute atomic E-state index is 0.0140. The molecule has 0 radical (unpaired) electrons. The lowest BCUT2D eigenvalue weighted by Gasteiger charge is -2.11. The molecule has 0 fully saturated rings. The van der Waals surface area contributed by atoms with E-state index in [0.29, 0.717) is 6.61 Å². The number of halogens is 1. The van der Waals surface area contributed by atoms with Gasteiger partial charge in [0, 0.05) is 11.3 Å². The Morgan fingerprint density at radius 3 is 3.00 bits per heavy atom. The lowest BCUT2D eigenvalue weighted by Crippen LogP contribution is -2.15. The van der Waals surface area contributed by atoms with Gasteiger partial charge in [-0.25, -0.2) is 9.18 Å². The van der Waals surface area contributed by atoms with Crippen LogP contribution < -0.4 is 10.5 Å². The topological polar surface area (TPSA) is 61.6 Å². The molecule has 108 valence electrons. The molecule has 1 aliphatic heterocycles. The minimum Gasteiger partial charge on any atom is -0.493 e. The molecule has 0 bridgehead atoms. The third-order valence-electron chi connectivity index (χ3n) is 3.45. The van der Waals surface area contributed by atoms with Crippen molar-refractivity contribution in [3.8, 4) is 5.75 Å². The van der Waals surface area contributed by atoms with Crippen LogP contribution >= 0.6 is 0 Å². The molecule has 1 atom stereocenters. The average Bonchev–Trinajstić information content (AvgIpc) is 2.90. The summed E-state index contributed by atoms with van der Waals surface area (Å²) < 4.78 is 23.9. The first kappa shape index (κ1) is 13.4. The van der Waals surface area contributed by atoms with E-state index in [4.69, 9.17) is 15.2 Å². The first-order chi connectivity index (χ1) is 10.1. The SMILES string of the molecule is Nc1ccc(F)cc1C(=O)OCC1COc2ccccc21. The molecule has 1 aliphatic rings. The molecule has 5 heteroatoms. The predicted molar refractivity (Wildman–Crippen MR) is 75.8 cm³/mol. The number of esters is 1. The number of nitrogen functional groups attached to an aromatic ring is 1. The van der Waals surface area contributed by atoms with E-state index in [1.165, 1.54) is 12.1 Å². The van der Waals surface area contributed by atoms with Gasteiger partial charge in [-0.15, -0.1) is 0 Å². The second-order valence-electron chi connectivity index (χ2n) is 4.88. The van der Waals surface area contributed by atoms with Crippen molar-refractivity contribution in [2.45, 2.75) is 5.92 Å². The Hall–Kier alpha value is -2.56. The number of benzene rings is 2. The van der Waals surface area contributed by atoms with Gasteiger partial charge in [-0.3, -0.25) is 0 Å². The molecule has 0 amide bonds. The van der Waals surface area contributed by atoms with Crippen LogP contribution in [-0.2, 0) is 4.74 Å². The molecule has 0 aromatic heterocycles. The summed E-state index contributed by atoms with van der Waals surface area (Å²) in [5.74, 6) is -0.356. The molecular formula is C16H14FNO3. The number of hydrogen-bond acceptors (Lipinski definition) is 4. The molecule has 0 spiro atoms. The highest BCUT2D eigenvalue weighted by atomic mass is 19.1. The summed E-state index contributed by atoms with van der Waals surface area (Å²) in [6.45, 7) is 0.636. The maximum atomic E-state index is 13.2. The van der Waals surface area contributed by atoms with E-state index in [0.717, 1.165) is 17.4 Å². The molecule has 0 saturated carbocycles. The average molecular weight is 287 g/mol. The van der Waals surface area contributed by atoms with E-state index in [2.05, 4.69) is 0 Å². The molecule has 2 N–H and O–H groups in total. The van der Waals surface area contributed by atoms with Gasteiger partial charge in [0.15, 0.2) is 0 Å². The van der Waals surface area contributed by atoms with Crippen LogP contribution in [0.25, 0.3) is 0 Å². The number of hydrogen-bond donors (Lipinski definition) is 1. The van der Waals surface area contributed by atoms with Crippen molar-refractivity contribution in [3.05, 3.63) is 59.4 Å². The van der Waals surface area contributed by atoms with E-state index < -0.39 is 11.8 Å². The zero-order valence-electron chi connectivity index (χ0n) is 11.2. The highest BCUT2D eigenvalue weighted by Gasteiger charge is 2.25. The maximum Gasteiger partial charge on any atom is 0.340 e. The molecule has 21 heavy (non-hydrogen) atoms. The number of carbonyl (C=O) groups excluding carboxylic acids is 1. The zero-order valence-corrected chi connectivity index (χ0v) is 11.2. The molecule has 2 aromatic carbocycles. The number of nitrogens with two attached hydrogens (primary N) is 1. The van der Waals surface area contributed by atoms with E-state index in [-0.39, 0.29) is 23.8 Å². The smallest absolute Gasteiger partial charge is 0.340 e. The van der Waals surface area contributed by atoms with Gasteiger partial charge in [-0.05, 0) is 24.3 Å².